The van der Waals surface area contributed by atoms with E-state index in [1.54, 1.807) is 30.3 Å². The van der Waals surface area contributed by atoms with Crippen LogP contribution in [0.5, 0.6) is 11.5 Å². The highest BCUT2D eigenvalue weighted by Gasteiger charge is 2.30. The molecule has 1 aliphatic heterocycles. The van der Waals surface area contributed by atoms with Gasteiger partial charge in [-0.3, -0.25) is 4.79 Å². The largest absolute Gasteiger partial charge is 0.494 e. The van der Waals surface area contributed by atoms with Crippen LogP contribution in [0.25, 0.3) is 6.08 Å². The fourth-order valence-electron chi connectivity index (χ4n) is 2.48. The van der Waals surface area contributed by atoms with Gasteiger partial charge in [-0.15, -0.1) is 0 Å². The maximum atomic E-state index is 12.5. The van der Waals surface area contributed by atoms with Crippen molar-refractivity contribution < 1.29 is 14.3 Å². The number of carbonyl (C=O) groups excluding carboxylic acids is 1. The number of halogens is 2. The van der Waals surface area contributed by atoms with Gasteiger partial charge in [0.25, 0.3) is 0 Å². The highest BCUT2D eigenvalue weighted by molar-refractivity contribution is 6.42. The molecule has 118 valence electrons. The van der Waals surface area contributed by atoms with Crippen LogP contribution in [-0.4, -0.2) is 12.4 Å². The van der Waals surface area contributed by atoms with Gasteiger partial charge in [-0.1, -0.05) is 29.3 Å². The zero-order valence-corrected chi connectivity index (χ0v) is 14.2. The van der Waals surface area contributed by atoms with Gasteiger partial charge in [0.2, 0.25) is 5.78 Å². The number of Topliss-reactive ketones (excluding diaryl/α,β-unsaturated/α-hetero) is 1. The molecule has 1 aliphatic rings. The van der Waals surface area contributed by atoms with Crippen molar-refractivity contribution in [3.05, 3.63) is 62.8 Å². The SMILES string of the molecule is CCOc1cc(C)c2c(c1)O/C(=C\c1ccc(Cl)c(Cl)c1)C2=O. The molecule has 0 bridgehead atoms. The molecule has 2 aromatic rings. The van der Waals surface area contributed by atoms with Gasteiger partial charge in [0, 0.05) is 6.07 Å². The van der Waals surface area contributed by atoms with Gasteiger partial charge in [-0.2, -0.15) is 0 Å². The van der Waals surface area contributed by atoms with E-state index in [-0.39, 0.29) is 11.5 Å². The van der Waals surface area contributed by atoms with Crippen LogP contribution in [0.2, 0.25) is 10.0 Å². The van der Waals surface area contributed by atoms with Crippen LogP contribution >= 0.6 is 23.2 Å². The zero-order valence-electron chi connectivity index (χ0n) is 12.7. The molecule has 1 heterocycles. The van der Waals surface area contributed by atoms with E-state index in [1.165, 1.54) is 0 Å². The number of ether oxygens (including phenoxy) is 2. The summed E-state index contributed by atoms with van der Waals surface area (Å²) >= 11 is 11.9. The van der Waals surface area contributed by atoms with E-state index in [0.29, 0.717) is 33.7 Å². The normalized spacial score (nSPS) is 14.8. The Labute approximate surface area is 144 Å². The van der Waals surface area contributed by atoms with Crippen molar-refractivity contribution in [1.82, 2.24) is 0 Å². The number of ketones is 1. The average Bonchev–Trinajstić information content (AvgIpc) is 2.80. The molecular formula is C18H14Cl2O3. The molecule has 0 aliphatic carbocycles. The molecule has 0 spiro atoms. The number of aryl methyl sites for hydroxylation is 1. The molecule has 5 heteroatoms. The first-order valence-electron chi connectivity index (χ1n) is 7.16. The quantitative estimate of drug-likeness (QED) is 0.704. The number of rotatable bonds is 3. The summed E-state index contributed by atoms with van der Waals surface area (Å²) in [6.45, 7) is 4.33. The zero-order chi connectivity index (χ0) is 16.6. The number of hydrogen-bond donors (Lipinski definition) is 0. The second-order valence-corrected chi connectivity index (χ2v) is 5.97. The van der Waals surface area contributed by atoms with Gasteiger partial charge in [0.1, 0.15) is 11.5 Å². The minimum absolute atomic E-state index is 0.147. The van der Waals surface area contributed by atoms with Crippen molar-refractivity contribution in [2.24, 2.45) is 0 Å². The van der Waals surface area contributed by atoms with Crippen molar-refractivity contribution in [3.8, 4) is 11.5 Å². The van der Waals surface area contributed by atoms with E-state index in [0.717, 1.165) is 11.1 Å². The molecule has 0 fully saturated rings. The van der Waals surface area contributed by atoms with E-state index in [2.05, 4.69) is 0 Å². The van der Waals surface area contributed by atoms with Crippen molar-refractivity contribution >= 4 is 35.1 Å². The van der Waals surface area contributed by atoms with Crippen LogP contribution in [-0.2, 0) is 0 Å². The lowest BCUT2D eigenvalue weighted by Crippen LogP contribution is -1.99. The third kappa shape index (κ3) is 3.07. The van der Waals surface area contributed by atoms with Crippen LogP contribution in [0, 0.1) is 6.92 Å². The van der Waals surface area contributed by atoms with E-state index in [9.17, 15) is 4.79 Å². The fraction of sp³-hybridized carbons (Fsp3) is 0.167. The Morgan fingerprint density at radius 1 is 1.17 bits per heavy atom. The third-order valence-corrected chi connectivity index (χ3v) is 4.24. The molecule has 0 amide bonds. The van der Waals surface area contributed by atoms with Gasteiger partial charge in [0.05, 0.1) is 22.2 Å². The molecule has 23 heavy (non-hydrogen) atoms. The summed E-state index contributed by atoms with van der Waals surface area (Å²) in [4.78, 5) is 12.5. The molecule has 0 atom stereocenters. The van der Waals surface area contributed by atoms with Gasteiger partial charge in [0.15, 0.2) is 5.76 Å². The van der Waals surface area contributed by atoms with Crippen LogP contribution in [0.4, 0.5) is 0 Å². The standard InChI is InChI=1S/C18H14Cl2O3/c1-3-22-12-6-10(2)17-15(9-12)23-16(18(17)21)8-11-4-5-13(19)14(20)7-11/h4-9H,3H2,1-2H3/b16-8-. The summed E-state index contributed by atoms with van der Waals surface area (Å²) in [5.74, 6) is 1.32. The summed E-state index contributed by atoms with van der Waals surface area (Å²) in [5.41, 5.74) is 2.14. The van der Waals surface area contributed by atoms with Crippen LogP contribution in [0.1, 0.15) is 28.4 Å². The molecule has 0 unspecified atom stereocenters. The summed E-state index contributed by atoms with van der Waals surface area (Å²) in [6.07, 6.45) is 1.66. The minimum atomic E-state index is -0.147. The molecule has 0 N–H and O–H groups in total. The van der Waals surface area contributed by atoms with E-state index < -0.39 is 0 Å². The van der Waals surface area contributed by atoms with E-state index >= 15 is 0 Å². The Morgan fingerprint density at radius 3 is 2.65 bits per heavy atom. The lowest BCUT2D eigenvalue weighted by Gasteiger charge is -2.06. The molecule has 0 aromatic heterocycles. The van der Waals surface area contributed by atoms with Gasteiger partial charge in [-0.05, 0) is 49.2 Å². The minimum Gasteiger partial charge on any atom is -0.494 e. The molecule has 2 aromatic carbocycles. The Kier molecular flexibility index (Phi) is 4.33. The maximum Gasteiger partial charge on any atom is 0.232 e. The lowest BCUT2D eigenvalue weighted by molar-refractivity contribution is 0.101. The summed E-state index contributed by atoms with van der Waals surface area (Å²) in [6, 6.07) is 8.72. The van der Waals surface area contributed by atoms with Crippen LogP contribution < -0.4 is 9.47 Å². The summed E-state index contributed by atoms with van der Waals surface area (Å²) < 4.78 is 11.2. The van der Waals surface area contributed by atoms with Gasteiger partial charge >= 0.3 is 0 Å². The Morgan fingerprint density at radius 2 is 1.96 bits per heavy atom. The predicted molar refractivity (Wildman–Crippen MR) is 91.7 cm³/mol. The second-order valence-electron chi connectivity index (χ2n) is 5.16. The predicted octanol–water partition coefficient (Wildman–Crippen LogP) is 5.32. The van der Waals surface area contributed by atoms with E-state index in [1.807, 2.05) is 19.9 Å². The Bertz CT molecular complexity index is 825. The molecule has 0 saturated carbocycles. The highest BCUT2D eigenvalue weighted by Crippen LogP contribution is 2.37. The van der Waals surface area contributed by atoms with Crippen molar-refractivity contribution in [2.45, 2.75) is 13.8 Å². The first-order valence-corrected chi connectivity index (χ1v) is 7.92. The summed E-state index contributed by atoms with van der Waals surface area (Å²) in [7, 11) is 0. The monoisotopic (exact) mass is 348 g/mol. The van der Waals surface area contributed by atoms with Gasteiger partial charge in [-0.25, -0.2) is 0 Å². The number of fused-ring (bicyclic) bond motifs is 1. The van der Waals surface area contributed by atoms with Crippen molar-refractivity contribution in [3.63, 3.8) is 0 Å². The lowest BCUT2D eigenvalue weighted by atomic mass is 10.0. The molecular weight excluding hydrogens is 335 g/mol. The Hall–Kier alpha value is -1.97. The highest BCUT2D eigenvalue weighted by atomic mass is 35.5. The van der Waals surface area contributed by atoms with Crippen LogP contribution in [0.15, 0.2) is 36.1 Å². The number of benzene rings is 2. The first kappa shape index (κ1) is 15.9. The molecule has 3 nitrogen and oxygen atoms in total. The average molecular weight is 349 g/mol. The maximum absolute atomic E-state index is 12.5. The molecule has 0 radical (unpaired) electrons. The topological polar surface area (TPSA) is 35.5 Å². The van der Waals surface area contributed by atoms with Crippen LogP contribution in [0.3, 0.4) is 0 Å². The fourth-order valence-corrected chi connectivity index (χ4v) is 2.79. The Balaban J connectivity index is 1.98. The van der Waals surface area contributed by atoms with Crippen molar-refractivity contribution in [1.29, 1.82) is 0 Å². The van der Waals surface area contributed by atoms with E-state index in [4.69, 9.17) is 32.7 Å². The summed E-state index contributed by atoms with van der Waals surface area (Å²) in [5, 5.41) is 0.895. The second kappa shape index (κ2) is 6.26. The molecule has 3 rings (SSSR count). The number of hydrogen-bond acceptors (Lipinski definition) is 3. The van der Waals surface area contributed by atoms with Crippen molar-refractivity contribution in [2.75, 3.05) is 6.61 Å². The number of allylic oxidation sites excluding steroid dienone is 1. The smallest absolute Gasteiger partial charge is 0.232 e. The third-order valence-electron chi connectivity index (χ3n) is 3.50. The molecule has 0 saturated heterocycles. The number of carbonyl (C=O) groups is 1. The van der Waals surface area contributed by atoms with Gasteiger partial charge < -0.3 is 9.47 Å². The first-order chi connectivity index (χ1) is 11.0.